The second-order valence-corrected chi connectivity index (χ2v) is 5.25. The molecule has 0 bridgehead atoms. The summed E-state index contributed by atoms with van der Waals surface area (Å²) in [6.07, 6.45) is 5.59. The molecule has 2 N–H and O–H groups in total. The van der Waals surface area contributed by atoms with Crippen molar-refractivity contribution in [2.75, 3.05) is 10.6 Å². The highest BCUT2D eigenvalue weighted by Gasteiger charge is 2.03. The molecule has 5 nitrogen and oxygen atoms in total. The van der Waals surface area contributed by atoms with Crippen molar-refractivity contribution in [1.82, 2.24) is 15.0 Å². The minimum absolute atomic E-state index is 0.426. The predicted octanol–water partition coefficient (Wildman–Crippen LogP) is 3.27. The fourth-order valence-corrected chi connectivity index (χ4v) is 2.29. The Morgan fingerprint density at radius 2 is 1.74 bits per heavy atom. The van der Waals surface area contributed by atoms with E-state index in [9.17, 15) is 0 Å². The van der Waals surface area contributed by atoms with E-state index in [-0.39, 0.29) is 0 Å². The molecule has 114 valence electrons. The van der Waals surface area contributed by atoms with E-state index in [1.54, 1.807) is 18.6 Å². The molecule has 0 saturated heterocycles. The van der Waals surface area contributed by atoms with Crippen molar-refractivity contribution in [3.8, 4) is 0 Å². The molecular weight excluding hydrogens is 306 g/mol. The maximum Gasteiger partial charge on any atom is 0.177 e. The molecule has 2 aromatic heterocycles. The van der Waals surface area contributed by atoms with Crippen molar-refractivity contribution in [3.63, 3.8) is 0 Å². The highest BCUT2D eigenvalue weighted by atomic mass is 32.1. The summed E-state index contributed by atoms with van der Waals surface area (Å²) >= 11 is 5.26. The Bertz CT molecular complexity index is 777. The van der Waals surface area contributed by atoms with Crippen molar-refractivity contribution >= 4 is 29.0 Å². The summed E-state index contributed by atoms with van der Waals surface area (Å²) in [6.45, 7) is 0. The third-order valence-electron chi connectivity index (χ3n) is 3.08. The molecule has 3 aromatic rings. The molecular formula is C17H15N5S. The van der Waals surface area contributed by atoms with Crippen molar-refractivity contribution in [2.45, 2.75) is 6.42 Å². The topological polar surface area (TPSA) is 62.7 Å². The quantitative estimate of drug-likeness (QED) is 0.719. The fraction of sp³-hybridized carbons (Fsp3) is 0.0588. The van der Waals surface area contributed by atoms with Crippen LogP contribution in [-0.2, 0) is 6.42 Å². The Balaban J connectivity index is 1.64. The van der Waals surface area contributed by atoms with E-state index >= 15 is 0 Å². The molecule has 0 saturated carbocycles. The standard InChI is InChI=1S/C17H15N5S/c23-17(22-16-12-18-9-10-19-16)21-15-8-4-7-14(20-15)11-13-5-2-1-3-6-13/h1-10,12H,11H2,(H2,19,20,21,22,23). The summed E-state index contributed by atoms with van der Waals surface area (Å²) < 4.78 is 0. The minimum Gasteiger partial charge on any atom is -0.317 e. The van der Waals surface area contributed by atoms with Crippen molar-refractivity contribution in [1.29, 1.82) is 0 Å². The summed E-state index contributed by atoms with van der Waals surface area (Å²) in [5, 5.41) is 6.45. The van der Waals surface area contributed by atoms with Gasteiger partial charge in [0.15, 0.2) is 10.9 Å². The number of thiocarbonyl (C=S) groups is 1. The van der Waals surface area contributed by atoms with Crippen LogP contribution in [-0.4, -0.2) is 20.1 Å². The average Bonchev–Trinajstić information content (AvgIpc) is 2.57. The van der Waals surface area contributed by atoms with Crippen LogP contribution in [0.5, 0.6) is 0 Å². The van der Waals surface area contributed by atoms with Crippen LogP contribution >= 0.6 is 12.2 Å². The lowest BCUT2D eigenvalue weighted by Crippen LogP contribution is -2.20. The van der Waals surface area contributed by atoms with Crippen LogP contribution in [0.3, 0.4) is 0 Å². The molecule has 0 atom stereocenters. The molecule has 0 aliphatic rings. The Kier molecular flexibility index (Phi) is 4.85. The van der Waals surface area contributed by atoms with E-state index in [1.807, 2.05) is 36.4 Å². The monoisotopic (exact) mass is 321 g/mol. The first kappa shape index (κ1) is 15.1. The van der Waals surface area contributed by atoms with Gasteiger partial charge in [0.1, 0.15) is 5.82 Å². The van der Waals surface area contributed by atoms with E-state index in [0.29, 0.717) is 16.7 Å². The maximum absolute atomic E-state index is 5.26. The second-order valence-electron chi connectivity index (χ2n) is 4.85. The first-order chi connectivity index (χ1) is 11.3. The SMILES string of the molecule is S=C(Nc1cnccn1)Nc1cccc(Cc2ccccc2)n1. The predicted molar refractivity (Wildman–Crippen MR) is 95.4 cm³/mol. The third-order valence-corrected chi connectivity index (χ3v) is 3.29. The Morgan fingerprint density at radius 3 is 2.52 bits per heavy atom. The van der Waals surface area contributed by atoms with Crippen LogP contribution in [0.15, 0.2) is 67.1 Å². The lowest BCUT2D eigenvalue weighted by molar-refractivity contribution is 1.08. The number of anilines is 2. The van der Waals surface area contributed by atoms with Crippen molar-refractivity contribution in [2.24, 2.45) is 0 Å². The van der Waals surface area contributed by atoms with Crippen molar-refractivity contribution < 1.29 is 0 Å². The number of benzene rings is 1. The Hall–Kier alpha value is -2.86. The molecule has 1 aromatic carbocycles. The molecule has 0 spiro atoms. The van der Waals surface area contributed by atoms with Crippen LogP contribution in [0.25, 0.3) is 0 Å². The van der Waals surface area contributed by atoms with Gasteiger partial charge in [-0.3, -0.25) is 4.98 Å². The van der Waals surface area contributed by atoms with E-state index in [2.05, 4.69) is 37.7 Å². The van der Waals surface area contributed by atoms with Gasteiger partial charge in [-0.1, -0.05) is 36.4 Å². The zero-order valence-corrected chi connectivity index (χ0v) is 13.1. The molecule has 23 heavy (non-hydrogen) atoms. The van der Waals surface area contributed by atoms with Gasteiger partial charge >= 0.3 is 0 Å². The molecule has 0 radical (unpaired) electrons. The van der Waals surface area contributed by atoms with Crippen LogP contribution in [0.1, 0.15) is 11.3 Å². The van der Waals surface area contributed by atoms with E-state index in [4.69, 9.17) is 12.2 Å². The highest BCUT2D eigenvalue weighted by Crippen LogP contribution is 2.11. The van der Waals surface area contributed by atoms with Crippen LogP contribution < -0.4 is 10.6 Å². The average molecular weight is 321 g/mol. The van der Waals surface area contributed by atoms with E-state index in [1.165, 1.54) is 5.56 Å². The van der Waals surface area contributed by atoms with E-state index in [0.717, 1.165) is 12.1 Å². The summed E-state index contributed by atoms with van der Waals surface area (Å²) in [6, 6.07) is 16.1. The molecule has 0 unspecified atom stereocenters. The lowest BCUT2D eigenvalue weighted by atomic mass is 10.1. The highest BCUT2D eigenvalue weighted by molar-refractivity contribution is 7.80. The number of rotatable bonds is 4. The Labute approximate surface area is 139 Å². The first-order valence-corrected chi connectivity index (χ1v) is 7.54. The van der Waals surface area contributed by atoms with Crippen LogP contribution in [0.2, 0.25) is 0 Å². The van der Waals surface area contributed by atoms with Gasteiger partial charge in [0, 0.05) is 24.5 Å². The van der Waals surface area contributed by atoms with Gasteiger partial charge in [-0.2, -0.15) is 0 Å². The van der Waals surface area contributed by atoms with Crippen molar-refractivity contribution in [3.05, 3.63) is 78.4 Å². The second kappa shape index (κ2) is 7.42. The summed E-state index contributed by atoms with van der Waals surface area (Å²) in [5.41, 5.74) is 2.20. The molecule has 0 aliphatic carbocycles. The number of nitrogens with zero attached hydrogens (tertiary/aromatic N) is 3. The maximum atomic E-state index is 5.26. The molecule has 3 rings (SSSR count). The Morgan fingerprint density at radius 1 is 0.913 bits per heavy atom. The fourth-order valence-electron chi connectivity index (χ4n) is 2.08. The number of aromatic nitrogens is 3. The summed E-state index contributed by atoms with van der Waals surface area (Å²) in [4.78, 5) is 12.7. The van der Waals surface area contributed by atoms with Gasteiger partial charge in [-0.05, 0) is 29.9 Å². The third kappa shape index (κ3) is 4.55. The number of nitrogens with one attached hydrogen (secondary N) is 2. The number of hydrogen-bond donors (Lipinski definition) is 2. The number of hydrogen-bond acceptors (Lipinski definition) is 4. The number of pyridine rings is 1. The van der Waals surface area contributed by atoms with Gasteiger partial charge in [0.05, 0.1) is 6.20 Å². The zero-order chi connectivity index (χ0) is 15.9. The molecule has 6 heteroatoms. The normalized spacial score (nSPS) is 10.1. The smallest absolute Gasteiger partial charge is 0.177 e. The van der Waals surface area contributed by atoms with Gasteiger partial charge in [-0.25, -0.2) is 9.97 Å². The zero-order valence-electron chi connectivity index (χ0n) is 12.3. The first-order valence-electron chi connectivity index (χ1n) is 7.13. The summed E-state index contributed by atoms with van der Waals surface area (Å²) in [5.74, 6) is 1.28. The largest absolute Gasteiger partial charge is 0.317 e. The van der Waals surface area contributed by atoms with Gasteiger partial charge in [0.2, 0.25) is 0 Å². The van der Waals surface area contributed by atoms with Gasteiger partial charge < -0.3 is 10.6 Å². The molecule has 0 fully saturated rings. The van der Waals surface area contributed by atoms with Crippen LogP contribution in [0, 0.1) is 0 Å². The molecule has 0 amide bonds. The minimum atomic E-state index is 0.426. The molecule has 2 heterocycles. The molecule has 0 aliphatic heterocycles. The van der Waals surface area contributed by atoms with Gasteiger partial charge in [-0.15, -0.1) is 0 Å². The van der Waals surface area contributed by atoms with Crippen LogP contribution in [0.4, 0.5) is 11.6 Å². The summed E-state index contributed by atoms with van der Waals surface area (Å²) in [7, 11) is 0. The van der Waals surface area contributed by atoms with E-state index < -0.39 is 0 Å². The van der Waals surface area contributed by atoms with Gasteiger partial charge in [0.25, 0.3) is 0 Å². The lowest BCUT2D eigenvalue weighted by Gasteiger charge is -2.10.